The van der Waals surface area contributed by atoms with Crippen LogP contribution in [0.1, 0.15) is 19.2 Å². The zero-order valence-corrected chi connectivity index (χ0v) is 17.2. The Morgan fingerprint density at radius 3 is 2.82 bits per heavy atom. The monoisotopic (exact) mass is 421 g/mol. The minimum absolute atomic E-state index is 0.185. The van der Waals surface area contributed by atoms with Gasteiger partial charge in [-0.1, -0.05) is 35.2 Å². The summed E-state index contributed by atoms with van der Waals surface area (Å²) in [4.78, 5) is 16.4. The second-order valence-electron chi connectivity index (χ2n) is 5.44. The van der Waals surface area contributed by atoms with Gasteiger partial charge in [0.05, 0.1) is 14.2 Å². The molecule has 11 heteroatoms. The van der Waals surface area contributed by atoms with E-state index in [-0.39, 0.29) is 12.3 Å². The second kappa shape index (κ2) is 9.51. The molecule has 0 aliphatic heterocycles. The summed E-state index contributed by atoms with van der Waals surface area (Å²) in [7, 11) is 3.13. The second-order valence-corrected chi connectivity index (χ2v) is 7.92. The lowest BCUT2D eigenvalue weighted by atomic mass is 10.2. The molecular weight excluding hydrogens is 402 g/mol. The fraction of sp³-hybridized carbons (Fsp3) is 0.353. The lowest BCUT2D eigenvalue weighted by molar-refractivity contribution is -0.116. The third-order valence-electron chi connectivity index (χ3n) is 3.60. The maximum atomic E-state index is 12.1. The molecular formula is C17H19N5O4S2. The van der Waals surface area contributed by atoms with Gasteiger partial charge in [-0.3, -0.25) is 4.79 Å². The smallest absolute Gasteiger partial charge is 0.227 e. The molecule has 0 saturated carbocycles. The van der Waals surface area contributed by atoms with Crippen molar-refractivity contribution in [1.82, 2.24) is 20.3 Å². The van der Waals surface area contributed by atoms with Crippen LogP contribution in [-0.4, -0.2) is 46.2 Å². The summed E-state index contributed by atoms with van der Waals surface area (Å²) in [5.41, 5.74) is 0.729. The van der Waals surface area contributed by atoms with E-state index in [1.54, 1.807) is 38.1 Å². The quantitative estimate of drug-likeness (QED) is 0.411. The summed E-state index contributed by atoms with van der Waals surface area (Å²) in [5.74, 6) is 2.70. The number of thioether (sulfide) groups is 1. The van der Waals surface area contributed by atoms with E-state index >= 15 is 0 Å². The number of amides is 1. The molecule has 3 aromatic rings. The average molecular weight is 422 g/mol. The number of aryl methyl sites for hydroxylation is 1. The van der Waals surface area contributed by atoms with Crippen molar-refractivity contribution in [2.75, 3.05) is 25.3 Å². The maximum absolute atomic E-state index is 12.1. The van der Waals surface area contributed by atoms with Gasteiger partial charge in [0.1, 0.15) is 0 Å². The average Bonchev–Trinajstić information content (AvgIpc) is 3.36. The molecule has 0 aliphatic rings. The van der Waals surface area contributed by atoms with Crippen LogP contribution in [0.4, 0.5) is 5.13 Å². The highest BCUT2D eigenvalue weighted by Crippen LogP contribution is 2.31. The van der Waals surface area contributed by atoms with Gasteiger partial charge in [0.2, 0.25) is 22.8 Å². The van der Waals surface area contributed by atoms with E-state index in [1.165, 1.54) is 11.3 Å². The molecule has 148 valence electrons. The Morgan fingerprint density at radius 2 is 2.07 bits per heavy atom. The molecule has 9 nitrogen and oxygen atoms in total. The zero-order chi connectivity index (χ0) is 19.9. The van der Waals surface area contributed by atoms with Crippen LogP contribution in [-0.2, 0) is 11.2 Å². The first kappa shape index (κ1) is 20.1. The summed E-state index contributed by atoms with van der Waals surface area (Å²) in [6.07, 6.45) is 0.519. The van der Waals surface area contributed by atoms with E-state index in [0.29, 0.717) is 34.8 Å². The number of nitrogens with zero attached hydrogens (tertiary/aromatic N) is 4. The number of anilines is 1. The first-order valence-corrected chi connectivity index (χ1v) is 10.2. The van der Waals surface area contributed by atoms with Crippen molar-refractivity contribution in [2.24, 2.45) is 0 Å². The summed E-state index contributed by atoms with van der Waals surface area (Å²) < 4.78 is 16.6. The number of aromatic nitrogens is 4. The molecule has 1 aromatic carbocycles. The Bertz CT molecular complexity index is 943. The van der Waals surface area contributed by atoms with E-state index in [9.17, 15) is 4.79 Å². The van der Waals surface area contributed by atoms with Gasteiger partial charge in [-0.2, -0.15) is 4.98 Å². The van der Waals surface area contributed by atoms with Gasteiger partial charge in [-0.15, -0.1) is 10.2 Å². The standard InChI is InChI=1S/C17H19N5O4S2/c1-4-27-17-21-20-16(28-17)18-13(23)7-8-14-19-15(22-26-14)10-5-6-11(24-2)12(9-10)25-3/h5-6,9H,4,7-8H2,1-3H3,(H,18,20,23). The van der Waals surface area contributed by atoms with E-state index in [1.807, 2.05) is 13.0 Å². The molecule has 0 aliphatic carbocycles. The van der Waals surface area contributed by atoms with Gasteiger partial charge in [0.15, 0.2) is 15.8 Å². The molecule has 1 N–H and O–H groups in total. The molecule has 1 amide bonds. The molecule has 0 radical (unpaired) electrons. The van der Waals surface area contributed by atoms with Crippen molar-refractivity contribution < 1.29 is 18.8 Å². The van der Waals surface area contributed by atoms with Crippen LogP contribution in [0.5, 0.6) is 11.5 Å². The molecule has 0 unspecified atom stereocenters. The highest BCUT2D eigenvalue weighted by Gasteiger charge is 2.14. The number of nitrogens with one attached hydrogen (secondary N) is 1. The maximum Gasteiger partial charge on any atom is 0.227 e. The fourth-order valence-corrected chi connectivity index (χ4v) is 3.96. The number of carbonyl (C=O) groups is 1. The summed E-state index contributed by atoms with van der Waals surface area (Å²) in [5, 5.41) is 15.1. The molecule has 0 atom stereocenters. The molecule has 0 bridgehead atoms. The van der Waals surface area contributed by atoms with Crippen molar-refractivity contribution in [3.8, 4) is 22.9 Å². The molecule has 0 fully saturated rings. The van der Waals surface area contributed by atoms with Crippen LogP contribution in [0, 0.1) is 0 Å². The molecule has 2 heterocycles. The SMILES string of the molecule is CCSc1nnc(NC(=O)CCc2nc(-c3ccc(OC)c(OC)c3)no2)s1. The predicted molar refractivity (Wildman–Crippen MR) is 106 cm³/mol. The molecule has 0 spiro atoms. The molecule has 2 aromatic heterocycles. The van der Waals surface area contributed by atoms with E-state index in [2.05, 4.69) is 25.7 Å². The molecule has 28 heavy (non-hydrogen) atoms. The van der Waals surface area contributed by atoms with Crippen molar-refractivity contribution in [3.63, 3.8) is 0 Å². The minimum atomic E-state index is -0.185. The topological polar surface area (TPSA) is 112 Å². The first-order valence-electron chi connectivity index (χ1n) is 8.44. The Labute approximate surface area is 169 Å². The highest BCUT2D eigenvalue weighted by molar-refractivity contribution is 8.01. The third-order valence-corrected chi connectivity index (χ3v) is 5.45. The number of hydrogen-bond acceptors (Lipinski definition) is 10. The van der Waals surface area contributed by atoms with Gasteiger partial charge < -0.3 is 19.3 Å². The largest absolute Gasteiger partial charge is 0.493 e. The van der Waals surface area contributed by atoms with Crippen LogP contribution in [0.25, 0.3) is 11.4 Å². The van der Waals surface area contributed by atoms with Gasteiger partial charge in [-0.05, 0) is 24.0 Å². The van der Waals surface area contributed by atoms with E-state index in [0.717, 1.165) is 15.7 Å². The van der Waals surface area contributed by atoms with Gasteiger partial charge in [-0.25, -0.2) is 0 Å². The van der Waals surface area contributed by atoms with Gasteiger partial charge in [0.25, 0.3) is 0 Å². The third kappa shape index (κ3) is 4.98. The molecule has 0 saturated heterocycles. The zero-order valence-electron chi connectivity index (χ0n) is 15.6. The summed E-state index contributed by atoms with van der Waals surface area (Å²) >= 11 is 2.93. The number of carbonyl (C=O) groups excluding carboxylic acids is 1. The Morgan fingerprint density at radius 1 is 1.25 bits per heavy atom. The number of rotatable bonds is 9. The van der Waals surface area contributed by atoms with E-state index in [4.69, 9.17) is 14.0 Å². The lowest BCUT2D eigenvalue weighted by Crippen LogP contribution is -2.12. The van der Waals surface area contributed by atoms with Crippen LogP contribution < -0.4 is 14.8 Å². The Balaban J connectivity index is 1.57. The van der Waals surface area contributed by atoms with Crippen molar-refractivity contribution >= 4 is 34.1 Å². The predicted octanol–water partition coefficient (Wildman–Crippen LogP) is 3.29. The minimum Gasteiger partial charge on any atom is -0.493 e. The van der Waals surface area contributed by atoms with Crippen molar-refractivity contribution in [1.29, 1.82) is 0 Å². The van der Waals surface area contributed by atoms with E-state index < -0.39 is 0 Å². The van der Waals surface area contributed by atoms with Crippen molar-refractivity contribution in [2.45, 2.75) is 24.1 Å². The van der Waals surface area contributed by atoms with Crippen molar-refractivity contribution in [3.05, 3.63) is 24.1 Å². The van der Waals surface area contributed by atoms with Crippen LogP contribution in [0.2, 0.25) is 0 Å². The Kier molecular flexibility index (Phi) is 6.82. The fourth-order valence-electron chi connectivity index (χ4n) is 2.29. The lowest BCUT2D eigenvalue weighted by Gasteiger charge is -2.07. The first-order chi connectivity index (χ1) is 13.6. The Hall–Kier alpha value is -2.66. The summed E-state index contributed by atoms with van der Waals surface area (Å²) in [6, 6.07) is 5.34. The van der Waals surface area contributed by atoms with Crippen LogP contribution >= 0.6 is 23.1 Å². The highest BCUT2D eigenvalue weighted by atomic mass is 32.2. The van der Waals surface area contributed by atoms with Crippen LogP contribution in [0.15, 0.2) is 27.1 Å². The van der Waals surface area contributed by atoms with Crippen LogP contribution in [0.3, 0.4) is 0 Å². The number of hydrogen-bond donors (Lipinski definition) is 1. The normalized spacial score (nSPS) is 10.7. The van der Waals surface area contributed by atoms with Gasteiger partial charge in [0, 0.05) is 18.4 Å². The number of benzene rings is 1. The number of methoxy groups -OCH3 is 2. The summed E-state index contributed by atoms with van der Waals surface area (Å²) in [6.45, 7) is 2.03. The van der Waals surface area contributed by atoms with Gasteiger partial charge >= 0.3 is 0 Å². The molecule has 3 rings (SSSR count). The number of ether oxygens (including phenoxy) is 2.